The van der Waals surface area contributed by atoms with Gasteiger partial charge in [0, 0.05) is 5.56 Å². The van der Waals surface area contributed by atoms with Gasteiger partial charge in [0.15, 0.2) is 5.78 Å². The number of hydrogen-bond acceptors (Lipinski definition) is 2. The van der Waals surface area contributed by atoms with E-state index in [0.717, 1.165) is 5.56 Å². The van der Waals surface area contributed by atoms with E-state index in [1.165, 1.54) is 24.3 Å². The summed E-state index contributed by atoms with van der Waals surface area (Å²) in [5.74, 6) is -0.495. The Morgan fingerprint density at radius 3 is 2.37 bits per heavy atom. The second-order valence-electron chi connectivity index (χ2n) is 4.31. The highest BCUT2D eigenvalue weighted by Gasteiger charge is 2.15. The van der Waals surface area contributed by atoms with Crippen LogP contribution >= 0.6 is 0 Å². The van der Waals surface area contributed by atoms with Crippen molar-refractivity contribution in [1.29, 1.82) is 0 Å². The molecule has 19 heavy (non-hydrogen) atoms. The van der Waals surface area contributed by atoms with Gasteiger partial charge in [0.2, 0.25) is 0 Å². The monoisotopic (exact) mass is 258 g/mol. The summed E-state index contributed by atoms with van der Waals surface area (Å²) < 4.78 is 18.3. The van der Waals surface area contributed by atoms with Crippen molar-refractivity contribution in [1.82, 2.24) is 0 Å². The molecule has 2 rings (SSSR count). The topological polar surface area (TPSA) is 26.3 Å². The molecule has 0 aliphatic carbocycles. The number of halogens is 1. The van der Waals surface area contributed by atoms with E-state index in [0.29, 0.717) is 12.2 Å². The van der Waals surface area contributed by atoms with Crippen molar-refractivity contribution in [2.24, 2.45) is 0 Å². The molecular formula is C16H15FO2. The van der Waals surface area contributed by atoms with E-state index in [-0.39, 0.29) is 11.6 Å². The molecule has 0 N–H and O–H groups in total. The van der Waals surface area contributed by atoms with Crippen molar-refractivity contribution in [3.8, 4) is 0 Å². The van der Waals surface area contributed by atoms with E-state index < -0.39 is 6.10 Å². The fourth-order valence-electron chi connectivity index (χ4n) is 1.72. The highest BCUT2D eigenvalue weighted by atomic mass is 19.1. The Balaban J connectivity index is 1.94. The molecule has 98 valence electrons. The smallest absolute Gasteiger partial charge is 0.191 e. The van der Waals surface area contributed by atoms with Gasteiger partial charge < -0.3 is 4.74 Å². The molecule has 0 heterocycles. The van der Waals surface area contributed by atoms with E-state index in [1.54, 1.807) is 6.92 Å². The number of benzene rings is 2. The predicted molar refractivity (Wildman–Crippen MR) is 71.4 cm³/mol. The van der Waals surface area contributed by atoms with Gasteiger partial charge >= 0.3 is 0 Å². The van der Waals surface area contributed by atoms with Crippen LogP contribution in [0.2, 0.25) is 0 Å². The minimum atomic E-state index is -0.550. The number of Topliss-reactive ketones (excluding diaryl/α,β-unsaturated/α-hetero) is 1. The summed E-state index contributed by atoms with van der Waals surface area (Å²) in [5, 5.41) is 0. The third-order valence-electron chi connectivity index (χ3n) is 2.84. The molecule has 0 aliphatic rings. The van der Waals surface area contributed by atoms with Crippen LogP contribution < -0.4 is 0 Å². The van der Waals surface area contributed by atoms with Crippen LogP contribution in [0.4, 0.5) is 4.39 Å². The number of ether oxygens (including phenoxy) is 1. The van der Waals surface area contributed by atoms with E-state index in [4.69, 9.17) is 4.74 Å². The Labute approximate surface area is 111 Å². The average Bonchev–Trinajstić information content (AvgIpc) is 2.46. The first-order valence-electron chi connectivity index (χ1n) is 6.12. The molecule has 0 fully saturated rings. The van der Waals surface area contributed by atoms with E-state index in [9.17, 15) is 9.18 Å². The summed E-state index contributed by atoms with van der Waals surface area (Å²) in [4.78, 5) is 12.0. The van der Waals surface area contributed by atoms with Crippen molar-refractivity contribution in [2.45, 2.75) is 19.6 Å². The largest absolute Gasteiger partial charge is 0.366 e. The molecule has 2 aromatic carbocycles. The summed E-state index contributed by atoms with van der Waals surface area (Å²) in [6.07, 6.45) is -0.550. The van der Waals surface area contributed by atoms with Crippen molar-refractivity contribution in [3.05, 3.63) is 71.5 Å². The third kappa shape index (κ3) is 3.73. The summed E-state index contributed by atoms with van der Waals surface area (Å²) in [5.41, 5.74) is 1.48. The number of ketones is 1. The zero-order chi connectivity index (χ0) is 13.7. The fourth-order valence-corrected chi connectivity index (χ4v) is 1.72. The van der Waals surface area contributed by atoms with Crippen LogP contribution in [0.15, 0.2) is 54.6 Å². The van der Waals surface area contributed by atoms with Crippen molar-refractivity contribution in [2.75, 3.05) is 0 Å². The molecule has 0 saturated carbocycles. The lowest BCUT2D eigenvalue weighted by atomic mass is 10.1. The van der Waals surface area contributed by atoms with Gasteiger partial charge in [-0.1, -0.05) is 30.3 Å². The molecule has 3 heteroatoms. The van der Waals surface area contributed by atoms with Crippen molar-refractivity contribution in [3.63, 3.8) is 0 Å². The highest BCUT2D eigenvalue weighted by molar-refractivity contribution is 5.99. The van der Waals surface area contributed by atoms with Crippen molar-refractivity contribution >= 4 is 5.78 Å². The molecule has 1 atom stereocenters. The summed E-state index contributed by atoms with van der Waals surface area (Å²) in [7, 11) is 0. The van der Waals surface area contributed by atoms with E-state index in [2.05, 4.69) is 0 Å². The van der Waals surface area contributed by atoms with Gasteiger partial charge in [-0.3, -0.25) is 4.79 Å². The maximum absolute atomic E-state index is 12.8. The summed E-state index contributed by atoms with van der Waals surface area (Å²) in [6, 6.07) is 15.1. The van der Waals surface area contributed by atoms with Gasteiger partial charge in [-0.05, 0) is 36.8 Å². The number of carbonyl (C=O) groups is 1. The third-order valence-corrected chi connectivity index (χ3v) is 2.84. The van der Waals surface area contributed by atoms with Gasteiger partial charge in [0.25, 0.3) is 0 Å². The molecule has 0 bridgehead atoms. The molecule has 0 spiro atoms. The van der Waals surface area contributed by atoms with Crippen LogP contribution in [0, 0.1) is 5.82 Å². The Bertz CT molecular complexity index is 534. The Morgan fingerprint density at radius 2 is 1.74 bits per heavy atom. The van der Waals surface area contributed by atoms with Crippen LogP contribution in [0.5, 0.6) is 0 Å². The fraction of sp³-hybridized carbons (Fsp3) is 0.188. The second kappa shape index (κ2) is 6.25. The van der Waals surface area contributed by atoms with Gasteiger partial charge in [0.05, 0.1) is 6.61 Å². The van der Waals surface area contributed by atoms with E-state index >= 15 is 0 Å². The average molecular weight is 258 g/mol. The Kier molecular flexibility index (Phi) is 4.42. The summed E-state index contributed by atoms with van der Waals surface area (Å²) >= 11 is 0. The maximum Gasteiger partial charge on any atom is 0.191 e. The lowest BCUT2D eigenvalue weighted by Gasteiger charge is -2.12. The molecule has 2 nitrogen and oxygen atoms in total. The zero-order valence-corrected chi connectivity index (χ0v) is 10.7. The predicted octanol–water partition coefficient (Wildman–Crippen LogP) is 3.61. The first-order valence-corrected chi connectivity index (χ1v) is 6.12. The van der Waals surface area contributed by atoms with Crippen LogP contribution in [0.25, 0.3) is 0 Å². The highest BCUT2D eigenvalue weighted by Crippen LogP contribution is 2.10. The zero-order valence-electron chi connectivity index (χ0n) is 10.7. The molecule has 0 saturated heterocycles. The lowest BCUT2D eigenvalue weighted by molar-refractivity contribution is 0.0412. The van der Waals surface area contributed by atoms with E-state index in [1.807, 2.05) is 30.3 Å². The SMILES string of the molecule is CC(OCc1ccccc1)C(=O)c1ccc(F)cc1. The minimum absolute atomic E-state index is 0.143. The molecule has 0 aliphatic heterocycles. The molecule has 2 aromatic rings. The van der Waals surface area contributed by atoms with Crippen LogP contribution in [0.3, 0.4) is 0 Å². The molecule has 1 unspecified atom stereocenters. The number of hydrogen-bond donors (Lipinski definition) is 0. The maximum atomic E-state index is 12.8. The molecule has 0 radical (unpaired) electrons. The van der Waals surface area contributed by atoms with Crippen LogP contribution in [0.1, 0.15) is 22.8 Å². The molecule has 0 aromatic heterocycles. The van der Waals surface area contributed by atoms with Gasteiger partial charge in [-0.15, -0.1) is 0 Å². The van der Waals surface area contributed by atoms with Gasteiger partial charge in [-0.25, -0.2) is 4.39 Å². The quantitative estimate of drug-likeness (QED) is 0.766. The lowest BCUT2D eigenvalue weighted by Crippen LogP contribution is -2.20. The van der Waals surface area contributed by atoms with Crippen LogP contribution in [-0.2, 0) is 11.3 Å². The second-order valence-corrected chi connectivity index (χ2v) is 4.31. The molecular weight excluding hydrogens is 243 g/mol. The van der Waals surface area contributed by atoms with Crippen LogP contribution in [-0.4, -0.2) is 11.9 Å². The standard InChI is InChI=1S/C16H15FO2/c1-12(19-11-13-5-3-2-4-6-13)16(18)14-7-9-15(17)10-8-14/h2-10,12H,11H2,1H3. The first-order chi connectivity index (χ1) is 9.16. The van der Waals surface area contributed by atoms with Gasteiger partial charge in [0.1, 0.15) is 11.9 Å². The number of carbonyl (C=O) groups excluding carboxylic acids is 1. The van der Waals surface area contributed by atoms with Crippen molar-refractivity contribution < 1.29 is 13.9 Å². The Morgan fingerprint density at radius 1 is 1.11 bits per heavy atom. The number of rotatable bonds is 5. The normalized spacial score (nSPS) is 12.1. The first kappa shape index (κ1) is 13.4. The molecule has 0 amide bonds. The minimum Gasteiger partial charge on any atom is -0.366 e. The van der Waals surface area contributed by atoms with Gasteiger partial charge in [-0.2, -0.15) is 0 Å². The summed E-state index contributed by atoms with van der Waals surface area (Å²) in [6.45, 7) is 2.09. The Hall–Kier alpha value is -2.00.